The number of rotatable bonds is 11. The van der Waals surface area contributed by atoms with E-state index >= 15 is 0 Å². The van der Waals surface area contributed by atoms with E-state index in [0.29, 0.717) is 5.66 Å². The van der Waals surface area contributed by atoms with Gasteiger partial charge in [0.15, 0.2) is 0 Å². The molecule has 0 N–H and O–H groups in total. The largest absolute Gasteiger partial charge is 1.00 e. The molecule has 0 aromatic carbocycles. The van der Waals surface area contributed by atoms with Crippen LogP contribution >= 0.6 is 7.26 Å². The van der Waals surface area contributed by atoms with Gasteiger partial charge in [0.1, 0.15) is 11.4 Å². The maximum Gasteiger partial charge on any atom is 0.122 e. The summed E-state index contributed by atoms with van der Waals surface area (Å²) in [7, 11) is 0.747. The molecule has 23 heavy (non-hydrogen) atoms. The Labute approximate surface area is 150 Å². The van der Waals surface area contributed by atoms with Gasteiger partial charge in [0.05, 0.1) is 25.1 Å². The van der Waals surface area contributed by atoms with Crippen molar-refractivity contribution in [3.8, 4) is 5.75 Å². The summed E-state index contributed by atoms with van der Waals surface area (Å²) in [4.78, 5) is 4.74. The van der Waals surface area contributed by atoms with E-state index in [-0.39, 0.29) is 12.4 Å². The molecule has 4 heteroatoms. The highest BCUT2D eigenvalue weighted by Crippen LogP contribution is 2.69. The highest BCUT2D eigenvalue weighted by Gasteiger charge is 2.41. The van der Waals surface area contributed by atoms with Gasteiger partial charge in [-0.05, 0) is 25.3 Å². The maximum atomic E-state index is 5.43. The standard InChI is InChI=1S/C19H35NOP.ClH/c1-6-9-14-22(5,15-10-7-2)19(11-8-3)18-16-17(21-4)12-13-20-18;/h12-13,16,19H,6-11,14-15H2,1-5H3;1H/q+1;/p-1. The Bertz CT molecular complexity index is 420. The summed E-state index contributed by atoms with van der Waals surface area (Å²) in [6, 6.07) is 4.14. The van der Waals surface area contributed by atoms with Gasteiger partial charge in [-0.25, -0.2) is 0 Å². The Morgan fingerprint density at radius 1 is 1.09 bits per heavy atom. The molecule has 1 aromatic rings. The van der Waals surface area contributed by atoms with Crippen molar-refractivity contribution in [2.24, 2.45) is 0 Å². The lowest BCUT2D eigenvalue weighted by Crippen LogP contribution is -3.00. The van der Waals surface area contributed by atoms with Gasteiger partial charge in [-0.2, -0.15) is 0 Å². The molecule has 1 aromatic heterocycles. The molecule has 1 atom stereocenters. The predicted octanol–water partition coefficient (Wildman–Crippen LogP) is 3.18. The number of pyridine rings is 1. The first-order valence-electron chi connectivity index (χ1n) is 8.95. The molecule has 2 nitrogen and oxygen atoms in total. The van der Waals surface area contributed by atoms with Gasteiger partial charge in [0.25, 0.3) is 0 Å². The third-order valence-corrected chi connectivity index (χ3v) is 9.39. The zero-order valence-corrected chi connectivity index (χ0v) is 17.3. The van der Waals surface area contributed by atoms with Crippen LogP contribution in [0.1, 0.15) is 70.6 Å². The van der Waals surface area contributed by atoms with E-state index in [9.17, 15) is 0 Å². The summed E-state index contributed by atoms with van der Waals surface area (Å²) in [6.07, 6.45) is 12.5. The Morgan fingerprint density at radius 3 is 2.17 bits per heavy atom. The van der Waals surface area contributed by atoms with Gasteiger partial charge in [-0.15, -0.1) is 0 Å². The Morgan fingerprint density at radius 2 is 1.70 bits per heavy atom. The van der Waals surface area contributed by atoms with E-state index in [2.05, 4.69) is 33.5 Å². The van der Waals surface area contributed by atoms with E-state index in [1.165, 1.54) is 56.5 Å². The molecular formula is C19H35ClNOP. The van der Waals surface area contributed by atoms with E-state index in [4.69, 9.17) is 9.72 Å². The topological polar surface area (TPSA) is 22.1 Å². The minimum atomic E-state index is -0.999. The molecule has 1 heterocycles. The van der Waals surface area contributed by atoms with Gasteiger partial charge in [0, 0.05) is 26.2 Å². The number of hydrogen-bond acceptors (Lipinski definition) is 2. The second-order valence-electron chi connectivity index (χ2n) is 6.56. The molecule has 0 aliphatic rings. The number of methoxy groups -OCH3 is 1. The zero-order valence-electron chi connectivity index (χ0n) is 15.6. The zero-order chi connectivity index (χ0) is 16.4. The van der Waals surface area contributed by atoms with Gasteiger partial charge >= 0.3 is 0 Å². The van der Waals surface area contributed by atoms with Crippen LogP contribution in [-0.4, -0.2) is 31.1 Å². The minimum Gasteiger partial charge on any atom is -1.00 e. The molecule has 1 rings (SSSR count). The normalized spacial score (nSPS) is 12.6. The number of nitrogens with zero attached hydrogens (tertiary/aromatic N) is 1. The van der Waals surface area contributed by atoms with E-state index in [1.54, 1.807) is 7.11 Å². The fraction of sp³-hybridized carbons (Fsp3) is 0.737. The molecule has 0 radical (unpaired) electrons. The number of ether oxygens (including phenoxy) is 1. The lowest BCUT2D eigenvalue weighted by molar-refractivity contribution is -0.00000538. The average Bonchev–Trinajstić information content (AvgIpc) is 2.56. The lowest BCUT2D eigenvalue weighted by Gasteiger charge is -2.31. The molecule has 0 bridgehead atoms. The van der Waals surface area contributed by atoms with Crippen molar-refractivity contribution in [1.82, 2.24) is 4.98 Å². The summed E-state index contributed by atoms with van der Waals surface area (Å²) in [6.45, 7) is 9.52. The van der Waals surface area contributed by atoms with Crippen LogP contribution in [0, 0.1) is 0 Å². The summed E-state index contributed by atoms with van der Waals surface area (Å²) in [5.74, 6) is 0.948. The molecule has 134 valence electrons. The van der Waals surface area contributed by atoms with E-state index in [1.807, 2.05) is 12.3 Å². The fourth-order valence-corrected chi connectivity index (χ4v) is 7.84. The van der Waals surface area contributed by atoms with Crippen molar-refractivity contribution in [3.05, 3.63) is 24.0 Å². The second-order valence-corrected chi connectivity index (χ2v) is 11.0. The number of halogens is 1. The molecule has 1 unspecified atom stereocenters. The Hall–Kier alpha value is -0.330. The van der Waals surface area contributed by atoms with Crippen LogP contribution in [-0.2, 0) is 0 Å². The highest BCUT2D eigenvalue weighted by atomic mass is 35.5. The Kier molecular flexibility index (Phi) is 11.9. The van der Waals surface area contributed by atoms with E-state index in [0.717, 1.165) is 5.75 Å². The van der Waals surface area contributed by atoms with Crippen molar-refractivity contribution < 1.29 is 17.1 Å². The number of aromatic nitrogens is 1. The van der Waals surface area contributed by atoms with Crippen LogP contribution in [0.2, 0.25) is 0 Å². The average molecular weight is 360 g/mol. The number of hydrogen-bond donors (Lipinski definition) is 0. The molecule has 0 aliphatic heterocycles. The summed E-state index contributed by atoms with van der Waals surface area (Å²) < 4.78 is 5.43. The fourth-order valence-electron chi connectivity index (χ4n) is 3.25. The van der Waals surface area contributed by atoms with Crippen molar-refractivity contribution in [3.63, 3.8) is 0 Å². The Balaban J connectivity index is 0.00000484. The van der Waals surface area contributed by atoms with Gasteiger partial charge in [-0.3, -0.25) is 4.98 Å². The summed E-state index contributed by atoms with van der Waals surface area (Å²) in [5, 5.41) is 0. The van der Waals surface area contributed by atoms with Gasteiger partial charge < -0.3 is 17.1 Å². The van der Waals surface area contributed by atoms with Crippen LogP contribution in [0.5, 0.6) is 5.75 Å². The smallest absolute Gasteiger partial charge is 0.122 e. The lowest BCUT2D eigenvalue weighted by atomic mass is 10.2. The third kappa shape index (κ3) is 6.98. The molecular weight excluding hydrogens is 325 g/mol. The predicted molar refractivity (Wildman–Crippen MR) is 101 cm³/mol. The van der Waals surface area contributed by atoms with Crippen molar-refractivity contribution in [1.29, 1.82) is 0 Å². The maximum absolute atomic E-state index is 5.43. The first kappa shape index (κ1) is 22.7. The van der Waals surface area contributed by atoms with Crippen LogP contribution < -0.4 is 17.1 Å². The first-order chi connectivity index (χ1) is 10.6. The third-order valence-electron chi connectivity index (χ3n) is 4.69. The molecule has 0 saturated carbocycles. The molecule has 0 amide bonds. The van der Waals surface area contributed by atoms with Crippen LogP contribution in [0.15, 0.2) is 18.3 Å². The molecule has 0 aliphatic carbocycles. The first-order valence-corrected chi connectivity index (χ1v) is 11.6. The van der Waals surface area contributed by atoms with Gasteiger partial charge in [0.2, 0.25) is 0 Å². The quantitative estimate of drug-likeness (QED) is 0.566. The van der Waals surface area contributed by atoms with Crippen molar-refractivity contribution >= 4 is 7.26 Å². The molecule has 0 saturated heterocycles. The van der Waals surface area contributed by atoms with Gasteiger partial charge in [-0.1, -0.05) is 40.0 Å². The van der Waals surface area contributed by atoms with Crippen molar-refractivity contribution in [2.45, 2.75) is 65.0 Å². The van der Waals surface area contributed by atoms with Crippen molar-refractivity contribution in [2.75, 3.05) is 26.1 Å². The molecule has 0 spiro atoms. The van der Waals surface area contributed by atoms with Crippen LogP contribution in [0.3, 0.4) is 0 Å². The monoisotopic (exact) mass is 359 g/mol. The minimum absolute atomic E-state index is 0. The molecule has 0 fully saturated rings. The van der Waals surface area contributed by atoms with Crippen LogP contribution in [0.25, 0.3) is 0 Å². The summed E-state index contributed by atoms with van der Waals surface area (Å²) >= 11 is 0. The highest BCUT2D eigenvalue weighted by molar-refractivity contribution is 7.75. The SMILES string of the molecule is CCCC[P+](C)(CCCC)C(CCC)c1cc(OC)ccn1.[Cl-]. The van der Waals surface area contributed by atoms with E-state index < -0.39 is 7.26 Å². The second kappa shape index (κ2) is 12.1. The number of unbranched alkanes of at least 4 members (excludes halogenated alkanes) is 2. The van der Waals surface area contributed by atoms with Crippen LogP contribution in [0.4, 0.5) is 0 Å². The summed E-state index contributed by atoms with van der Waals surface area (Å²) in [5.41, 5.74) is 1.91.